The fourth-order valence-corrected chi connectivity index (χ4v) is 3.69. The number of ether oxygens (including phenoxy) is 1. The van der Waals surface area contributed by atoms with Gasteiger partial charge in [-0.15, -0.1) is 0 Å². The number of aromatic nitrogens is 2. The molecule has 1 unspecified atom stereocenters. The third kappa shape index (κ3) is 4.33. The Kier molecular flexibility index (Phi) is 5.91. The Hall–Kier alpha value is -2.11. The zero-order valence-corrected chi connectivity index (χ0v) is 16.4. The van der Waals surface area contributed by atoms with E-state index < -0.39 is 41.2 Å². The van der Waals surface area contributed by atoms with Crippen LogP contribution in [0.5, 0.6) is 5.75 Å². The van der Waals surface area contributed by atoms with E-state index in [2.05, 4.69) is 9.84 Å². The molecule has 1 aromatic carbocycles. The van der Waals surface area contributed by atoms with E-state index in [9.17, 15) is 34.9 Å². The molecule has 0 bridgehead atoms. The normalized spacial score (nSPS) is 16.5. The summed E-state index contributed by atoms with van der Waals surface area (Å²) >= 11 is 0. The molecule has 1 heterocycles. The zero-order valence-electron chi connectivity index (χ0n) is 15.6. The van der Waals surface area contributed by atoms with Crippen LogP contribution in [0, 0.1) is 0 Å². The molecule has 0 aliphatic heterocycles. The van der Waals surface area contributed by atoms with E-state index in [1.807, 2.05) is 6.07 Å². The van der Waals surface area contributed by atoms with E-state index in [0.717, 1.165) is 35.5 Å². The molecule has 166 valence electrons. The molecule has 2 aromatic rings. The van der Waals surface area contributed by atoms with Gasteiger partial charge in [-0.25, -0.2) is 4.68 Å². The molecule has 0 saturated heterocycles. The molecule has 1 saturated carbocycles. The van der Waals surface area contributed by atoms with Crippen molar-refractivity contribution < 1.29 is 39.7 Å². The molecule has 0 amide bonds. The third-order valence-electron chi connectivity index (χ3n) is 4.58. The standard InChI is InChI=1S/C18H17F7N2O2S/c1-2-30(28)15-7-12(11-3-4-11)5-6-14(15)27-9-13(8-26-27)29-10-16(19,20)17(21,22)18(23,24)25/h5-9,11H,2-4,10H2,1H3. The predicted molar refractivity (Wildman–Crippen MR) is 93.9 cm³/mol. The third-order valence-corrected chi connectivity index (χ3v) is 5.92. The van der Waals surface area contributed by atoms with Gasteiger partial charge in [-0.05, 0) is 36.5 Å². The van der Waals surface area contributed by atoms with Crippen LogP contribution >= 0.6 is 0 Å². The maximum atomic E-state index is 13.4. The van der Waals surface area contributed by atoms with Crippen LogP contribution in [0.25, 0.3) is 5.69 Å². The van der Waals surface area contributed by atoms with Gasteiger partial charge in [0.15, 0.2) is 12.4 Å². The molecule has 1 aromatic heterocycles. The van der Waals surface area contributed by atoms with Gasteiger partial charge in [-0.3, -0.25) is 4.21 Å². The lowest BCUT2D eigenvalue weighted by atomic mass is 10.1. The molecular weight excluding hydrogens is 441 g/mol. The van der Waals surface area contributed by atoms with E-state index in [4.69, 9.17) is 0 Å². The van der Waals surface area contributed by atoms with Gasteiger partial charge in [-0.2, -0.15) is 35.8 Å². The van der Waals surface area contributed by atoms with Crippen LogP contribution in [-0.4, -0.2) is 44.4 Å². The first-order valence-electron chi connectivity index (χ1n) is 8.90. The van der Waals surface area contributed by atoms with Crippen LogP contribution < -0.4 is 4.74 Å². The Bertz CT molecular complexity index is 939. The minimum Gasteiger partial charge on any atom is -0.484 e. The van der Waals surface area contributed by atoms with Crippen molar-refractivity contribution in [3.63, 3.8) is 0 Å². The maximum Gasteiger partial charge on any atom is 0.460 e. The van der Waals surface area contributed by atoms with E-state index in [1.165, 1.54) is 0 Å². The molecule has 1 fully saturated rings. The molecule has 0 radical (unpaired) electrons. The first kappa shape index (κ1) is 22.6. The minimum absolute atomic E-state index is 0.310. The number of hydrogen-bond donors (Lipinski definition) is 0. The molecular formula is C18H17F7N2O2S. The summed E-state index contributed by atoms with van der Waals surface area (Å²) in [6.07, 6.45) is -2.44. The van der Waals surface area contributed by atoms with Crippen molar-refractivity contribution >= 4 is 10.8 Å². The predicted octanol–water partition coefficient (Wildman–Crippen LogP) is 5.09. The van der Waals surface area contributed by atoms with E-state index in [-0.39, 0.29) is 0 Å². The highest BCUT2D eigenvalue weighted by atomic mass is 32.2. The monoisotopic (exact) mass is 458 g/mol. The summed E-state index contributed by atoms with van der Waals surface area (Å²) in [5.74, 6) is -11.5. The topological polar surface area (TPSA) is 44.1 Å². The highest BCUT2D eigenvalue weighted by molar-refractivity contribution is 7.85. The maximum absolute atomic E-state index is 13.4. The van der Waals surface area contributed by atoms with Gasteiger partial charge in [0.25, 0.3) is 0 Å². The van der Waals surface area contributed by atoms with Crippen LogP contribution in [0.3, 0.4) is 0 Å². The van der Waals surface area contributed by atoms with E-state index >= 15 is 0 Å². The van der Waals surface area contributed by atoms with Gasteiger partial charge >= 0.3 is 18.0 Å². The summed E-state index contributed by atoms with van der Waals surface area (Å²) in [7, 11) is -1.38. The molecule has 3 rings (SSSR count). The fraction of sp³-hybridized carbons (Fsp3) is 0.500. The second-order valence-corrected chi connectivity index (χ2v) is 8.53. The first-order valence-corrected chi connectivity index (χ1v) is 10.2. The molecule has 4 nitrogen and oxygen atoms in total. The number of nitrogens with zero attached hydrogens (tertiary/aromatic N) is 2. The van der Waals surface area contributed by atoms with Crippen LogP contribution in [0.1, 0.15) is 31.2 Å². The van der Waals surface area contributed by atoms with Crippen molar-refractivity contribution in [1.82, 2.24) is 9.78 Å². The Morgan fingerprint density at radius 1 is 1.17 bits per heavy atom. The van der Waals surface area contributed by atoms with Gasteiger partial charge in [0.2, 0.25) is 0 Å². The molecule has 1 atom stereocenters. The van der Waals surface area contributed by atoms with E-state index in [0.29, 0.717) is 22.3 Å². The summed E-state index contributed by atoms with van der Waals surface area (Å²) in [4.78, 5) is 0.450. The summed E-state index contributed by atoms with van der Waals surface area (Å²) in [6, 6.07) is 5.22. The van der Waals surface area contributed by atoms with Gasteiger partial charge in [0, 0.05) is 5.75 Å². The summed E-state index contributed by atoms with van der Waals surface area (Å²) in [5, 5.41) is 3.87. The lowest BCUT2D eigenvalue weighted by Gasteiger charge is -2.27. The number of alkyl halides is 7. The van der Waals surface area contributed by atoms with Crippen molar-refractivity contribution in [2.45, 2.75) is 48.6 Å². The van der Waals surface area contributed by atoms with Crippen molar-refractivity contribution in [1.29, 1.82) is 0 Å². The second kappa shape index (κ2) is 7.86. The molecule has 1 aliphatic carbocycles. The van der Waals surface area contributed by atoms with Crippen molar-refractivity contribution in [3.8, 4) is 11.4 Å². The van der Waals surface area contributed by atoms with Crippen molar-refractivity contribution in [3.05, 3.63) is 36.2 Å². The van der Waals surface area contributed by atoms with Gasteiger partial charge in [0.05, 0.1) is 33.8 Å². The van der Waals surface area contributed by atoms with Gasteiger partial charge < -0.3 is 4.74 Å². The molecule has 30 heavy (non-hydrogen) atoms. The molecule has 0 N–H and O–H groups in total. The lowest BCUT2D eigenvalue weighted by molar-refractivity contribution is -0.358. The molecule has 0 spiro atoms. The fourth-order valence-electron chi connectivity index (χ4n) is 2.71. The first-order chi connectivity index (χ1) is 13.9. The van der Waals surface area contributed by atoms with Crippen LogP contribution in [0.2, 0.25) is 0 Å². The van der Waals surface area contributed by atoms with Gasteiger partial charge in [-0.1, -0.05) is 13.0 Å². The second-order valence-electron chi connectivity index (χ2n) is 6.82. The average Bonchev–Trinajstić information content (AvgIpc) is 3.42. The van der Waals surface area contributed by atoms with Gasteiger partial charge in [0.1, 0.15) is 0 Å². The van der Waals surface area contributed by atoms with Crippen molar-refractivity contribution in [2.24, 2.45) is 0 Å². The minimum atomic E-state index is -6.42. The number of rotatable bonds is 8. The smallest absolute Gasteiger partial charge is 0.460 e. The lowest BCUT2D eigenvalue weighted by Crippen LogP contribution is -2.54. The quantitative estimate of drug-likeness (QED) is 0.518. The van der Waals surface area contributed by atoms with Crippen LogP contribution in [-0.2, 0) is 10.8 Å². The SMILES string of the molecule is CCS(=O)c1cc(C2CC2)ccc1-n1cc(OCC(F)(F)C(F)(F)C(F)(F)F)cn1. The van der Waals surface area contributed by atoms with E-state index in [1.54, 1.807) is 19.1 Å². The highest BCUT2D eigenvalue weighted by Gasteiger charge is 2.73. The van der Waals surface area contributed by atoms with Crippen molar-refractivity contribution in [2.75, 3.05) is 12.4 Å². The average molecular weight is 458 g/mol. The molecule has 1 aliphatic rings. The van der Waals surface area contributed by atoms with Crippen LogP contribution in [0.4, 0.5) is 30.7 Å². The Morgan fingerprint density at radius 2 is 1.83 bits per heavy atom. The number of halogens is 7. The number of benzene rings is 1. The Morgan fingerprint density at radius 3 is 2.40 bits per heavy atom. The summed E-state index contributed by atoms with van der Waals surface area (Å²) in [6.45, 7) is -0.482. The molecule has 12 heteroatoms. The highest BCUT2D eigenvalue weighted by Crippen LogP contribution is 2.46. The largest absolute Gasteiger partial charge is 0.484 e. The summed E-state index contributed by atoms with van der Waals surface area (Å²) < 4.78 is 107. The summed E-state index contributed by atoms with van der Waals surface area (Å²) in [5.41, 5.74) is 1.37. The Balaban J connectivity index is 1.81. The zero-order chi connectivity index (χ0) is 22.3. The Labute approximate surface area is 169 Å². The number of hydrogen-bond acceptors (Lipinski definition) is 3. The van der Waals surface area contributed by atoms with Crippen LogP contribution in [0.15, 0.2) is 35.5 Å².